The molecule has 0 aliphatic carbocycles. The molecule has 0 unspecified atom stereocenters. The van der Waals surface area contributed by atoms with Gasteiger partial charge in [0.05, 0.1) is 29.4 Å². The third-order valence-electron chi connectivity index (χ3n) is 4.22. The summed E-state index contributed by atoms with van der Waals surface area (Å²) in [7, 11) is -2.49. The molecule has 0 amide bonds. The lowest BCUT2D eigenvalue weighted by molar-refractivity contribution is 0.415. The summed E-state index contributed by atoms with van der Waals surface area (Å²) >= 11 is 0. The highest BCUT2D eigenvalue weighted by Gasteiger charge is 2.23. The average Bonchev–Trinajstić information content (AvgIpc) is 3.24. The predicted octanol–water partition coefficient (Wildman–Crippen LogP) is 3.00. The van der Waals surface area contributed by atoms with Crippen molar-refractivity contribution in [2.45, 2.75) is 4.90 Å². The maximum absolute atomic E-state index is 13.6. The summed E-state index contributed by atoms with van der Waals surface area (Å²) in [6, 6.07) is 9.89. The van der Waals surface area contributed by atoms with E-state index in [-0.39, 0.29) is 10.8 Å². The van der Waals surface area contributed by atoms with Crippen LogP contribution >= 0.6 is 0 Å². The summed E-state index contributed by atoms with van der Waals surface area (Å²) in [5, 5.41) is 0.623. The molecular weight excluding hydrogens is 371 g/mol. The highest BCUT2D eigenvalue weighted by atomic mass is 32.2. The van der Waals surface area contributed by atoms with E-state index < -0.39 is 15.8 Å². The number of ether oxygens (including phenoxy) is 1. The van der Waals surface area contributed by atoms with Gasteiger partial charge in [0, 0.05) is 17.1 Å². The van der Waals surface area contributed by atoms with Crippen molar-refractivity contribution in [3.8, 4) is 17.0 Å². The molecule has 0 fully saturated rings. The quantitative estimate of drug-likeness (QED) is 0.561. The normalized spacial score (nSPS) is 11.8. The average molecular weight is 386 g/mol. The molecule has 0 atom stereocenters. The third kappa shape index (κ3) is 2.81. The molecule has 2 aromatic heterocycles. The summed E-state index contributed by atoms with van der Waals surface area (Å²) in [6.07, 6.45) is 2.97. The number of anilines is 1. The molecule has 27 heavy (non-hydrogen) atoms. The minimum absolute atomic E-state index is 0.147. The van der Waals surface area contributed by atoms with Crippen LogP contribution in [-0.4, -0.2) is 29.5 Å². The lowest BCUT2D eigenvalue weighted by atomic mass is 10.1. The van der Waals surface area contributed by atoms with Gasteiger partial charge in [-0.15, -0.1) is 0 Å². The molecule has 138 valence electrons. The van der Waals surface area contributed by atoms with Crippen molar-refractivity contribution in [3.63, 3.8) is 0 Å². The van der Waals surface area contributed by atoms with E-state index in [0.29, 0.717) is 27.9 Å². The van der Waals surface area contributed by atoms with E-state index >= 15 is 0 Å². The van der Waals surface area contributed by atoms with E-state index in [4.69, 9.17) is 10.5 Å². The number of nitrogen functional groups attached to an aromatic ring is 1. The highest BCUT2D eigenvalue weighted by Crippen LogP contribution is 2.34. The standard InChI is InChI=1S/C18H15FN4O3S/c1-26-12-5-6-17-14(8-12)15(16-9-21-18(20)22-16)10-23(17)27(24,25)13-4-2-3-11(19)7-13/h2-10H,1H3,(H3,20,21,22). The molecule has 9 heteroatoms. The Hall–Kier alpha value is -3.33. The smallest absolute Gasteiger partial charge is 0.268 e. The van der Waals surface area contributed by atoms with E-state index in [2.05, 4.69) is 9.97 Å². The largest absolute Gasteiger partial charge is 0.497 e. The summed E-state index contributed by atoms with van der Waals surface area (Å²) < 4.78 is 46.2. The van der Waals surface area contributed by atoms with Crippen LogP contribution in [0.3, 0.4) is 0 Å². The van der Waals surface area contributed by atoms with Crippen LogP contribution in [0.4, 0.5) is 10.3 Å². The summed E-state index contributed by atoms with van der Waals surface area (Å²) in [6.45, 7) is 0. The van der Waals surface area contributed by atoms with Gasteiger partial charge in [0.1, 0.15) is 11.6 Å². The Morgan fingerprint density at radius 3 is 2.70 bits per heavy atom. The second kappa shape index (κ2) is 6.13. The van der Waals surface area contributed by atoms with E-state index in [0.717, 1.165) is 10.0 Å². The van der Waals surface area contributed by atoms with Crippen molar-refractivity contribution in [2.24, 2.45) is 0 Å². The molecule has 0 radical (unpaired) electrons. The number of methoxy groups -OCH3 is 1. The number of imidazole rings is 1. The van der Waals surface area contributed by atoms with E-state index in [1.54, 1.807) is 18.2 Å². The number of halogens is 1. The molecule has 2 aromatic carbocycles. The van der Waals surface area contributed by atoms with Crippen LogP contribution < -0.4 is 10.5 Å². The first-order valence-corrected chi connectivity index (χ1v) is 9.35. The Balaban J connectivity index is 2.01. The fraction of sp³-hybridized carbons (Fsp3) is 0.0556. The molecule has 0 spiro atoms. The van der Waals surface area contributed by atoms with Crippen LogP contribution in [0.2, 0.25) is 0 Å². The minimum Gasteiger partial charge on any atom is -0.497 e. The number of hydrogen-bond donors (Lipinski definition) is 2. The van der Waals surface area contributed by atoms with Gasteiger partial charge < -0.3 is 15.5 Å². The van der Waals surface area contributed by atoms with Gasteiger partial charge in [-0.2, -0.15) is 0 Å². The maximum Gasteiger partial charge on any atom is 0.268 e. The first-order chi connectivity index (χ1) is 12.9. The van der Waals surface area contributed by atoms with E-state index in [9.17, 15) is 12.8 Å². The van der Waals surface area contributed by atoms with Gasteiger partial charge in [-0.1, -0.05) is 6.07 Å². The molecule has 7 nitrogen and oxygen atoms in total. The Morgan fingerprint density at radius 2 is 2.04 bits per heavy atom. The van der Waals surface area contributed by atoms with Crippen molar-refractivity contribution < 1.29 is 17.5 Å². The molecular formula is C18H15FN4O3S. The van der Waals surface area contributed by atoms with Gasteiger partial charge in [0.25, 0.3) is 10.0 Å². The Bertz CT molecular complexity index is 1260. The number of nitrogens with one attached hydrogen (secondary N) is 1. The van der Waals surface area contributed by atoms with Gasteiger partial charge in [-0.3, -0.25) is 0 Å². The summed E-state index contributed by atoms with van der Waals surface area (Å²) in [5.41, 5.74) is 7.21. The molecule has 0 aliphatic rings. The highest BCUT2D eigenvalue weighted by molar-refractivity contribution is 7.90. The van der Waals surface area contributed by atoms with Crippen molar-refractivity contribution in [2.75, 3.05) is 12.8 Å². The maximum atomic E-state index is 13.6. The molecule has 0 saturated heterocycles. The molecule has 3 N–H and O–H groups in total. The molecule has 0 bridgehead atoms. The van der Waals surface area contributed by atoms with Crippen molar-refractivity contribution in [1.82, 2.24) is 13.9 Å². The Kier molecular flexibility index (Phi) is 3.88. The predicted molar refractivity (Wildman–Crippen MR) is 99.5 cm³/mol. The first-order valence-electron chi connectivity index (χ1n) is 7.91. The molecule has 4 rings (SSSR count). The zero-order valence-electron chi connectivity index (χ0n) is 14.2. The van der Waals surface area contributed by atoms with Crippen molar-refractivity contribution in [3.05, 3.63) is 60.7 Å². The van der Waals surface area contributed by atoms with Crippen LogP contribution in [0.1, 0.15) is 0 Å². The van der Waals surface area contributed by atoms with Crippen LogP contribution in [0.25, 0.3) is 22.2 Å². The number of fused-ring (bicyclic) bond motifs is 1. The number of aromatic nitrogens is 3. The van der Waals surface area contributed by atoms with E-state index in [1.807, 2.05) is 0 Å². The monoisotopic (exact) mass is 386 g/mol. The Morgan fingerprint density at radius 1 is 1.22 bits per heavy atom. The third-order valence-corrected chi connectivity index (χ3v) is 5.89. The zero-order chi connectivity index (χ0) is 19.2. The van der Waals surface area contributed by atoms with Crippen molar-refractivity contribution >= 4 is 26.9 Å². The molecule has 0 saturated carbocycles. The van der Waals surface area contributed by atoms with E-state index in [1.165, 1.54) is 37.7 Å². The minimum atomic E-state index is -4.02. The number of aromatic amines is 1. The van der Waals surface area contributed by atoms with Crippen LogP contribution in [-0.2, 0) is 10.0 Å². The molecule has 2 heterocycles. The fourth-order valence-corrected chi connectivity index (χ4v) is 4.34. The van der Waals surface area contributed by atoms with Crippen molar-refractivity contribution in [1.29, 1.82) is 0 Å². The second-order valence-electron chi connectivity index (χ2n) is 5.87. The van der Waals surface area contributed by atoms with Gasteiger partial charge >= 0.3 is 0 Å². The number of rotatable bonds is 4. The number of nitrogens with two attached hydrogens (primary N) is 1. The number of hydrogen-bond acceptors (Lipinski definition) is 5. The van der Waals surface area contributed by atoms with Crippen LogP contribution in [0.15, 0.2) is 59.8 Å². The topological polar surface area (TPSA) is 103 Å². The number of nitrogens with zero attached hydrogens (tertiary/aromatic N) is 2. The fourth-order valence-electron chi connectivity index (χ4n) is 2.93. The number of benzene rings is 2. The lowest BCUT2D eigenvalue weighted by Crippen LogP contribution is -2.12. The zero-order valence-corrected chi connectivity index (χ0v) is 15.0. The number of H-pyrrole nitrogens is 1. The van der Waals surface area contributed by atoms with Gasteiger partial charge in [0.2, 0.25) is 0 Å². The van der Waals surface area contributed by atoms with Crippen LogP contribution in [0.5, 0.6) is 5.75 Å². The van der Waals surface area contributed by atoms with Gasteiger partial charge in [-0.05, 0) is 36.4 Å². The lowest BCUT2D eigenvalue weighted by Gasteiger charge is -2.08. The van der Waals surface area contributed by atoms with Crippen LogP contribution in [0, 0.1) is 5.82 Å². The second-order valence-corrected chi connectivity index (χ2v) is 7.68. The summed E-state index contributed by atoms with van der Waals surface area (Å²) in [5.74, 6) is 0.148. The Labute approximate surface area is 154 Å². The SMILES string of the molecule is COc1ccc2c(c1)c(-c1cnc(N)[nH]1)cn2S(=O)(=O)c1cccc(F)c1. The molecule has 0 aliphatic heterocycles. The summed E-state index contributed by atoms with van der Waals surface area (Å²) in [4.78, 5) is 6.71. The molecule has 4 aromatic rings. The van der Waals surface area contributed by atoms with Gasteiger partial charge in [-0.25, -0.2) is 21.8 Å². The van der Waals surface area contributed by atoms with Gasteiger partial charge in [0.15, 0.2) is 5.95 Å². The first kappa shape index (κ1) is 17.1.